The number of hydrogen-bond acceptors (Lipinski definition) is 3. The summed E-state index contributed by atoms with van der Waals surface area (Å²) >= 11 is 0. The zero-order chi connectivity index (χ0) is 21.2. The molecule has 0 spiro atoms. The number of nitrogens with one attached hydrogen (secondary N) is 1. The van der Waals surface area contributed by atoms with Gasteiger partial charge in [-0.3, -0.25) is 4.79 Å². The maximum atomic E-state index is 13.0. The maximum Gasteiger partial charge on any atom is 0.278 e. The Hall–Kier alpha value is -1.44. The minimum absolute atomic E-state index is 0.209. The molecule has 2 saturated heterocycles. The van der Waals surface area contributed by atoms with Gasteiger partial charge in [-0.1, -0.05) is 26.0 Å². The zero-order valence-corrected chi connectivity index (χ0v) is 19.0. The van der Waals surface area contributed by atoms with Crippen molar-refractivity contribution in [3.05, 3.63) is 29.8 Å². The van der Waals surface area contributed by atoms with E-state index in [1.807, 2.05) is 12.1 Å². The molecule has 0 aromatic heterocycles. The third-order valence-electron chi connectivity index (χ3n) is 6.50. The predicted octanol–water partition coefficient (Wildman–Crippen LogP) is 1.49. The quantitative estimate of drug-likeness (QED) is 0.782. The summed E-state index contributed by atoms with van der Waals surface area (Å²) in [6, 6.07) is 7.85. The van der Waals surface area contributed by atoms with Gasteiger partial charge in [0.15, 0.2) is 6.54 Å². The van der Waals surface area contributed by atoms with E-state index in [0.717, 1.165) is 18.4 Å². The van der Waals surface area contributed by atoms with Gasteiger partial charge in [-0.05, 0) is 56.7 Å². The predicted molar refractivity (Wildman–Crippen MR) is 114 cm³/mol. The first-order valence-electron chi connectivity index (χ1n) is 10.9. The topological polar surface area (TPSA) is 62.1 Å². The molecule has 0 aliphatic carbocycles. The fourth-order valence-corrected chi connectivity index (χ4v) is 6.05. The number of piperazine rings is 1. The highest BCUT2D eigenvalue weighted by Crippen LogP contribution is 2.22. The van der Waals surface area contributed by atoms with Gasteiger partial charge in [0.1, 0.15) is 0 Å². The normalized spacial score (nSPS) is 24.8. The van der Waals surface area contributed by atoms with Crippen LogP contribution < -0.4 is 4.90 Å². The van der Waals surface area contributed by atoms with E-state index in [1.165, 1.54) is 11.3 Å². The molecule has 2 aliphatic rings. The Morgan fingerprint density at radius 2 is 1.62 bits per heavy atom. The van der Waals surface area contributed by atoms with Gasteiger partial charge in [0.25, 0.3) is 5.91 Å². The average molecular weight is 423 g/mol. The molecule has 0 radical (unpaired) electrons. The molecule has 6 nitrogen and oxygen atoms in total. The molecule has 1 amide bonds. The molecule has 2 aliphatic heterocycles. The van der Waals surface area contributed by atoms with Crippen LogP contribution in [0.1, 0.15) is 58.4 Å². The van der Waals surface area contributed by atoms with Crippen LogP contribution in [0.5, 0.6) is 0 Å². The lowest BCUT2D eigenvalue weighted by molar-refractivity contribution is -0.896. The lowest BCUT2D eigenvalue weighted by atomic mass is 9.97. The lowest BCUT2D eigenvalue weighted by Gasteiger charge is -2.40. The van der Waals surface area contributed by atoms with Crippen molar-refractivity contribution < 1.29 is 18.1 Å². The highest BCUT2D eigenvalue weighted by Gasteiger charge is 2.34. The Kier molecular flexibility index (Phi) is 7.02. The van der Waals surface area contributed by atoms with Crippen LogP contribution in [-0.4, -0.2) is 68.3 Å². The molecular formula is C22H36N3O3S+. The first-order chi connectivity index (χ1) is 13.7. The molecule has 0 unspecified atom stereocenters. The molecule has 2 heterocycles. The summed E-state index contributed by atoms with van der Waals surface area (Å²) in [6.07, 6.45) is 3.34. The maximum absolute atomic E-state index is 13.0. The molecule has 2 fully saturated rings. The van der Waals surface area contributed by atoms with Gasteiger partial charge in [-0.2, -0.15) is 4.31 Å². The standard InChI is InChI=1S/C22H35N3O3S/c1-17(2)20-8-10-21(11-9-20)29(27,28)24-14-12-23(13-15-24)16-22(26)25-18(3)6-5-7-19(25)4/h8-11,17-19H,5-7,12-16H2,1-4H3/p+1/t18-,19-/m0/s1. The van der Waals surface area contributed by atoms with Crippen LogP contribution in [0.3, 0.4) is 0 Å². The van der Waals surface area contributed by atoms with Crippen LogP contribution in [0.2, 0.25) is 0 Å². The highest BCUT2D eigenvalue weighted by atomic mass is 32.2. The van der Waals surface area contributed by atoms with Crippen LogP contribution in [0.25, 0.3) is 0 Å². The van der Waals surface area contributed by atoms with E-state index in [4.69, 9.17) is 0 Å². The van der Waals surface area contributed by atoms with Gasteiger partial charge in [0, 0.05) is 12.1 Å². The molecule has 162 valence electrons. The van der Waals surface area contributed by atoms with Gasteiger partial charge in [-0.25, -0.2) is 8.42 Å². The van der Waals surface area contributed by atoms with Gasteiger partial charge < -0.3 is 9.80 Å². The zero-order valence-electron chi connectivity index (χ0n) is 18.2. The average Bonchev–Trinajstić information content (AvgIpc) is 2.68. The number of nitrogens with zero attached hydrogens (tertiary/aromatic N) is 2. The van der Waals surface area contributed by atoms with Crippen LogP contribution >= 0.6 is 0 Å². The van der Waals surface area contributed by atoms with Crippen LogP contribution in [-0.2, 0) is 14.8 Å². The summed E-state index contributed by atoms with van der Waals surface area (Å²) in [4.78, 5) is 16.4. The third-order valence-corrected chi connectivity index (χ3v) is 8.41. The van der Waals surface area contributed by atoms with E-state index in [1.54, 1.807) is 16.4 Å². The van der Waals surface area contributed by atoms with Crippen molar-refractivity contribution in [3.8, 4) is 0 Å². The molecular weight excluding hydrogens is 386 g/mol. The molecule has 2 atom stereocenters. The number of benzene rings is 1. The van der Waals surface area contributed by atoms with Crippen molar-refractivity contribution in [3.63, 3.8) is 0 Å². The van der Waals surface area contributed by atoms with E-state index in [0.29, 0.717) is 55.6 Å². The largest absolute Gasteiger partial charge is 0.332 e. The summed E-state index contributed by atoms with van der Waals surface area (Å²) in [5.41, 5.74) is 1.14. The summed E-state index contributed by atoms with van der Waals surface area (Å²) < 4.78 is 27.5. The minimum Gasteiger partial charge on any atom is -0.332 e. The van der Waals surface area contributed by atoms with Crippen molar-refractivity contribution in [2.45, 2.75) is 69.9 Å². The first kappa shape index (κ1) is 22.2. The van der Waals surface area contributed by atoms with Crippen molar-refractivity contribution in [2.24, 2.45) is 0 Å². The first-order valence-corrected chi connectivity index (χ1v) is 12.4. The summed E-state index contributed by atoms with van der Waals surface area (Å²) in [5.74, 6) is 0.585. The van der Waals surface area contributed by atoms with Crippen molar-refractivity contribution in [1.29, 1.82) is 0 Å². The third kappa shape index (κ3) is 5.01. The molecule has 7 heteroatoms. The molecule has 29 heavy (non-hydrogen) atoms. The van der Waals surface area contributed by atoms with Crippen LogP contribution in [0.4, 0.5) is 0 Å². The molecule has 0 bridgehead atoms. The van der Waals surface area contributed by atoms with E-state index >= 15 is 0 Å². The SMILES string of the molecule is CC(C)c1ccc(S(=O)(=O)N2CC[NH+](CC(=O)N3[C@@H](C)CCC[C@@H]3C)CC2)cc1. The fraction of sp³-hybridized carbons (Fsp3) is 0.682. The Labute approximate surface area is 175 Å². The Morgan fingerprint density at radius 1 is 1.07 bits per heavy atom. The number of carbonyl (C=O) groups excluding carboxylic acids is 1. The second-order valence-electron chi connectivity index (χ2n) is 8.98. The summed E-state index contributed by atoms with van der Waals surface area (Å²) in [5, 5.41) is 0. The number of likely N-dealkylation sites (tertiary alicyclic amines) is 1. The number of rotatable bonds is 5. The Balaban J connectivity index is 1.57. The monoisotopic (exact) mass is 422 g/mol. The van der Waals surface area contributed by atoms with E-state index in [2.05, 4.69) is 32.6 Å². The summed E-state index contributed by atoms with van der Waals surface area (Å²) in [6.45, 7) is 11.2. The van der Waals surface area contributed by atoms with Crippen LogP contribution in [0.15, 0.2) is 29.2 Å². The minimum atomic E-state index is -3.47. The number of quaternary nitrogens is 1. The smallest absolute Gasteiger partial charge is 0.278 e. The second kappa shape index (κ2) is 9.14. The van der Waals surface area contributed by atoms with E-state index in [9.17, 15) is 13.2 Å². The molecule has 1 aromatic carbocycles. The second-order valence-corrected chi connectivity index (χ2v) is 10.9. The van der Waals surface area contributed by atoms with Gasteiger partial charge in [-0.15, -0.1) is 0 Å². The number of hydrogen-bond donors (Lipinski definition) is 1. The number of piperidine rings is 1. The van der Waals surface area contributed by atoms with Crippen molar-refractivity contribution in [2.75, 3.05) is 32.7 Å². The van der Waals surface area contributed by atoms with Gasteiger partial charge in [0.05, 0.1) is 31.1 Å². The number of amides is 1. The van der Waals surface area contributed by atoms with Crippen molar-refractivity contribution >= 4 is 15.9 Å². The van der Waals surface area contributed by atoms with E-state index < -0.39 is 10.0 Å². The molecule has 0 saturated carbocycles. The van der Waals surface area contributed by atoms with Gasteiger partial charge in [0.2, 0.25) is 10.0 Å². The number of sulfonamides is 1. The van der Waals surface area contributed by atoms with Gasteiger partial charge >= 0.3 is 0 Å². The molecule has 3 rings (SSSR count). The highest BCUT2D eigenvalue weighted by molar-refractivity contribution is 7.89. The number of carbonyl (C=O) groups is 1. The molecule has 1 aromatic rings. The summed E-state index contributed by atoms with van der Waals surface area (Å²) in [7, 11) is -3.47. The van der Waals surface area contributed by atoms with Crippen molar-refractivity contribution in [1.82, 2.24) is 9.21 Å². The van der Waals surface area contributed by atoms with Crippen LogP contribution in [0, 0.1) is 0 Å². The Morgan fingerprint density at radius 3 is 2.14 bits per heavy atom. The fourth-order valence-electron chi connectivity index (χ4n) is 4.61. The van der Waals surface area contributed by atoms with E-state index in [-0.39, 0.29) is 5.91 Å². The Bertz CT molecular complexity index is 789. The molecule has 1 N–H and O–H groups in total. The lowest BCUT2D eigenvalue weighted by Crippen LogP contribution is -3.15.